The SMILES string of the molecule is CCc1cc(-c2ccc(CNC)c(C)c2)ccn1. The van der Waals surface area contributed by atoms with Crippen molar-refractivity contribution in [2.75, 3.05) is 7.05 Å². The molecule has 0 saturated heterocycles. The molecule has 0 aliphatic carbocycles. The van der Waals surface area contributed by atoms with Crippen LogP contribution in [0.3, 0.4) is 0 Å². The van der Waals surface area contributed by atoms with Crippen LogP contribution in [0.5, 0.6) is 0 Å². The van der Waals surface area contributed by atoms with E-state index in [0.29, 0.717) is 0 Å². The highest BCUT2D eigenvalue weighted by atomic mass is 14.8. The van der Waals surface area contributed by atoms with Crippen molar-refractivity contribution in [2.45, 2.75) is 26.8 Å². The summed E-state index contributed by atoms with van der Waals surface area (Å²) in [6, 6.07) is 10.9. The van der Waals surface area contributed by atoms with Crippen LogP contribution < -0.4 is 5.32 Å². The largest absolute Gasteiger partial charge is 0.316 e. The van der Waals surface area contributed by atoms with Gasteiger partial charge in [0.15, 0.2) is 0 Å². The number of rotatable bonds is 4. The third-order valence-electron chi connectivity index (χ3n) is 3.22. The van der Waals surface area contributed by atoms with Gasteiger partial charge in [-0.15, -0.1) is 0 Å². The maximum absolute atomic E-state index is 4.34. The molecule has 0 spiro atoms. The number of pyridine rings is 1. The van der Waals surface area contributed by atoms with Gasteiger partial charge in [0.1, 0.15) is 0 Å². The smallest absolute Gasteiger partial charge is 0.0407 e. The quantitative estimate of drug-likeness (QED) is 0.886. The lowest BCUT2D eigenvalue weighted by atomic mass is 10.00. The Morgan fingerprint density at radius 1 is 1.11 bits per heavy atom. The highest BCUT2D eigenvalue weighted by molar-refractivity contribution is 5.64. The molecule has 2 rings (SSSR count). The molecule has 2 heteroatoms. The molecule has 2 nitrogen and oxygen atoms in total. The second-order valence-corrected chi connectivity index (χ2v) is 4.56. The zero-order valence-electron chi connectivity index (χ0n) is 11.3. The van der Waals surface area contributed by atoms with Gasteiger partial charge in [-0.05, 0) is 54.8 Å². The maximum atomic E-state index is 4.34. The van der Waals surface area contributed by atoms with Gasteiger partial charge in [0.05, 0.1) is 0 Å². The number of benzene rings is 1. The molecule has 1 N–H and O–H groups in total. The molecule has 1 aromatic carbocycles. The zero-order valence-corrected chi connectivity index (χ0v) is 11.3. The highest BCUT2D eigenvalue weighted by Gasteiger charge is 2.03. The molecular weight excluding hydrogens is 220 g/mol. The summed E-state index contributed by atoms with van der Waals surface area (Å²) in [5.74, 6) is 0. The van der Waals surface area contributed by atoms with Gasteiger partial charge in [-0.2, -0.15) is 0 Å². The van der Waals surface area contributed by atoms with Gasteiger partial charge in [0.25, 0.3) is 0 Å². The lowest BCUT2D eigenvalue weighted by molar-refractivity contribution is 0.812. The van der Waals surface area contributed by atoms with E-state index < -0.39 is 0 Å². The number of nitrogens with zero attached hydrogens (tertiary/aromatic N) is 1. The predicted octanol–water partition coefficient (Wildman–Crippen LogP) is 3.34. The number of aryl methyl sites for hydroxylation is 2. The van der Waals surface area contributed by atoms with E-state index in [4.69, 9.17) is 0 Å². The number of nitrogens with one attached hydrogen (secondary N) is 1. The molecule has 2 aromatic rings. The number of hydrogen-bond donors (Lipinski definition) is 1. The van der Waals surface area contributed by atoms with Crippen molar-refractivity contribution < 1.29 is 0 Å². The summed E-state index contributed by atoms with van der Waals surface area (Å²) in [6.45, 7) is 5.22. The van der Waals surface area contributed by atoms with Gasteiger partial charge < -0.3 is 5.32 Å². The Bertz CT molecular complexity index is 532. The molecule has 0 amide bonds. The third kappa shape index (κ3) is 2.77. The van der Waals surface area contributed by atoms with Crippen LogP contribution in [-0.4, -0.2) is 12.0 Å². The van der Waals surface area contributed by atoms with Crippen molar-refractivity contribution in [1.82, 2.24) is 10.3 Å². The molecule has 0 bridgehead atoms. The fourth-order valence-corrected chi connectivity index (χ4v) is 2.12. The summed E-state index contributed by atoms with van der Waals surface area (Å²) in [7, 11) is 1.98. The Hall–Kier alpha value is -1.67. The van der Waals surface area contributed by atoms with Gasteiger partial charge in [-0.1, -0.05) is 25.1 Å². The zero-order chi connectivity index (χ0) is 13.0. The van der Waals surface area contributed by atoms with Crippen LogP contribution in [-0.2, 0) is 13.0 Å². The predicted molar refractivity (Wildman–Crippen MR) is 76.6 cm³/mol. The second kappa shape index (κ2) is 5.78. The van der Waals surface area contributed by atoms with Crippen LogP contribution in [0.25, 0.3) is 11.1 Å². The minimum Gasteiger partial charge on any atom is -0.316 e. The van der Waals surface area contributed by atoms with Crippen LogP contribution in [0.2, 0.25) is 0 Å². The first kappa shape index (κ1) is 12.8. The molecular formula is C16H20N2. The molecule has 0 aliphatic rings. The monoisotopic (exact) mass is 240 g/mol. The first-order valence-corrected chi connectivity index (χ1v) is 6.44. The number of aromatic nitrogens is 1. The Balaban J connectivity index is 2.35. The average Bonchev–Trinajstić information content (AvgIpc) is 2.41. The van der Waals surface area contributed by atoms with Crippen LogP contribution in [0.1, 0.15) is 23.7 Å². The summed E-state index contributed by atoms with van der Waals surface area (Å²) in [5, 5.41) is 3.19. The molecule has 0 atom stereocenters. The molecule has 0 saturated carbocycles. The van der Waals surface area contributed by atoms with Crippen LogP contribution in [0, 0.1) is 6.92 Å². The molecule has 0 aliphatic heterocycles. The standard InChI is InChI=1S/C16H20N2/c1-4-16-10-14(7-8-18-16)13-5-6-15(11-17-3)12(2)9-13/h5-10,17H,4,11H2,1-3H3. The first-order valence-electron chi connectivity index (χ1n) is 6.44. The molecule has 0 unspecified atom stereocenters. The van der Waals surface area contributed by atoms with Crippen molar-refractivity contribution in [3.8, 4) is 11.1 Å². The Labute approximate surface area is 109 Å². The highest BCUT2D eigenvalue weighted by Crippen LogP contribution is 2.22. The Kier molecular flexibility index (Phi) is 4.11. The lowest BCUT2D eigenvalue weighted by Gasteiger charge is -2.09. The maximum Gasteiger partial charge on any atom is 0.0407 e. The van der Waals surface area contributed by atoms with Crippen LogP contribution >= 0.6 is 0 Å². The molecule has 94 valence electrons. The van der Waals surface area contributed by atoms with E-state index in [9.17, 15) is 0 Å². The van der Waals surface area contributed by atoms with Gasteiger partial charge in [-0.25, -0.2) is 0 Å². The average molecular weight is 240 g/mol. The molecule has 0 fully saturated rings. The lowest BCUT2D eigenvalue weighted by Crippen LogP contribution is -2.06. The van der Waals surface area contributed by atoms with Gasteiger partial charge in [0.2, 0.25) is 0 Å². The van der Waals surface area contributed by atoms with E-state index in [2.05, 4.69) is 54.5 Å². The summed E-state index contributed by atoms with van der Waals surface area (Å²) in [4.78, 5) is 4.34. The van der Waals surface area contributed by atoms with Crippen molar-refractivity contribution in [1.29, 1.82) is 0 Å². The van der Waals surface area contributed by atoms with Gasteiger partial charge in [0, 0.05) is 18.4 Å². The van der Waals surface area contributed by atoms with Crippen LogP contribution in [0.4, 0.5) is 0 Å². The molecule has 1 aromatic heterocycles. The Morgan fingerprint density at radius 2 is 1.89 bits per heavy atom. The van der Waals surface area contributed by atoms with E-state index in [-0.39, 0.29) is 0 Å². The molecule has 1 heterocycles. The fraction of sp³-hybridized carbons (Fsp3) is 0.312. The minimum absolute atomic E-state index is 0.919. The number of hydrogen-bond acceptors (Lipinski definition) is 2. The van der Waals surface area contributed by atoms with E-state index in [0.717, 1.165) is 18.7 Å². The van der Waals surface area contributed by atoms with Gasteiger partial charge in [-0.3, -0.25) is 4.98 Å². The van der Waals surface area contributed by atoms with Crippen molar-refractivity contribution in [2.24, 2.45) is 0 Å². The van der Waals surface area contributed by atoms with E-state index >= 15 is 0 Å². The minimum atomic E-state index is 0.919. The van der Waals surface area contributed by atoms with E-state index in [1.54, 1.807) is 0 Å². The summed E-state index contributed by atoms with van der Waals surface area (Å²) < 4.78 is 0. The van der Waals surface area contributed by atoms with E-state index in [1.807, 2.05) is 13.2 Å². The summed E-state index contributed by atoms with van der Waals surface area (Å²) in [5.41, 5.74) is 6.34. The third-order valence-corrected chi connectivity index (χ3v) is 3.22. The van der Waals surface area contributed by atoms with Gasteiger partial charge >= 0.3 is 0 Å². The van der Waals surface area contributed by atoms with E-state index in [1.165, 1.54) is 22.3 Å². The molecule has 18 heavy (non-hydrogen) atoms. The first-order chi connectivity index (χ1) is 8.74. The normalized spacial score (nSPS) is 10.6. The Morgan fingerprint density at radius 3 is 2.56 bits per heavy atom. The van der Waals surface area contributed by atoms with Crippen LogP contribution in [0.15, 0.2) is 36.5 Å². The second-order valence-electron chi connectivity index (χ2n) is 4.56. The summed E-state index contributed by atoms with van der Waals surface area (Å²) in [6.07, 6.45) is 2.87. The van der Waals surface area contributed by atoms with Crippen molar-refractivity contribution in [3.63, 3.8) is 0 Å². The topological polar surface area (TPSA) is 24.9 Å². The summed E-state index contributed by atoms with van der Waals surface area (Å²) >= 11 is 0. The fourth-order valence-electron chi connectivity index (χ4n) is 2.12. The van der Waals surface area contributed by atoms with Crippen molar-refractivity contribution >= 4 is 0 Å². The van der Waals surface area contributed by atoms with Crippen molar-refractivity contribution in [3.05, 3.63) is 53.3 Å². The molecule has 0 radical (unpaired) electrons.